The van der Waals surface area contributed by atoms with Gasteiger partial charge in [0, 0.05) is 6.04 Å². The molecule has 1 rings (SSSR count). The highest BCUT2D eigenvalue weighted by atomic mass is 32.2. The maximum Gasteiger partial charge on any atom is 0.240 e. The number of benzene rings is 1. The number of sulfonamides is 1. The van der Waals surface area contributed by atoms with Crippen molar-refractivity contribution in [3.05, 3.63) is 24.3 Å². The average molecular weight is 287 g/mol. The lowest BCUT2D eigenvalue weighted by Gasteiger charge is -2.13. The third-order valence-electron chi connectivity index (χ3n) is 2.57. The Labute approximate surface area is 114 Å². The van der Waals surface area contributed by atoms with Crippen LogP contribution in [0.25, 0.3) is 0 Å². The molecule has 108 valence electrons. The van der Waals surface area contributed by atoms with Gasteiger partial charge in [-0.1, -0.05) is 13.3 Å². The van der Waals surface area contributed by atoms with Crippen molar-refractivity contribution in [2.24, 2.45) is 0 Å². The summed E-state index contributed by atoms with van der Waals surface area (Å²) in [5.74, 6) is 0.537. The van der Waals surface area contributed by atoms with E-state index >= 15 is 0 Å². The normalized spacial score (nSPS) is 13.2. The summed E-state index contributed by atoms with van der Waals surface area (Å²) in [6.07, 6.45) is 1.73. The van der Waals surface area contributed by atoms with Gasteiger partial charge in [-0.2, -0.15) is 0 Å². The average Bonchev–Trinajstić information content (AvgIpc) is 2.36. The van der Waals surface area contributed by atoms with Crippen LogP contribution < -0.4 is 9.46 Å². The lowest BCUT2D eigenvalue weighted by atomic mass is 10.2. The van der Waals surface area contributed by atoms with Gasteiger partial charge in [0.05, 0.1) is 11.5 Å². The highest BCUT2D eigenvalue weighted by molar-refractivity contribution is 7.89. The number of aliphatic hydroxyl groups is 1. The number of hydrogen-bond acceptors (Lipinski definition) is 4. The predicted octanol–water partition coefficient (Wildman–Crippen LogP) is 1.52. The van der Waals surface area contributed by atoms with E-state index in [1.54, 1.807) is 12.1 Å². The van der Waals surface area contributed by atoms with E-state index in [1.807, 2.05) is 13.8 Å². The van der Waals surface area contributed by atoms with Crippen LogP contribution in [0.15, 0.2) is 29.2 Å². The highest BCUT2D eigenvalue weighted by Gasteiger charge is 2.16. The van der Waals surface area contributed by atoms with Crippen molar-refractivity contribution in [2.75, 3.05) is 13.2 Å². The van der Waals surface area contributed by atoms with Crippen LogP contribution in [0.3, 0.4) is 0 Å². The Bertz CT molecular complexity index is 470. The van der Waals surface area contributed by atoms with Crippen LogP contribution in [0.4, 0.5) is 0 Å². The molecular formula is C13H21NO4S. The van der Waals surface area contributed by atoms with Crippen molar-refractivity contribution in [3.63, 3.8) is 0 Å². The van der Waals surface area contributed by atoms with Crippen LogP contribution in [0.1, 0.15) is 26.7 Å². The zero-order valence-electron chi connectivity index (χ0n) is 11.3. The van der Waals surface area contributed by atoms with E-state index in [0.29, 0.717) is 5.75 Å². The summed E-state index contributed by atoms with van der Waals surface area (Å²) in [5.41, 5.74) is 0. The predicted molar refractivity (Wildman–Crippen MR) is 73.7 cm³/mol. The summed E-state index contributed by atoms with van der Waals surface area (Å²) < 4.78 is 31.9. The van der Waals surface area contributed by atoms with Crippen molar-refractivity contribution in [1.29, 1.82) is 0 Å². The SMILES string of the molecule is CCCC(C)NS(=O)(=O)c1ccc(OCCO)cc1. The van der Waals surface area contributed by atoms with Gasteiger partial charge in [0.2, 0.25) is 10.0 Å². The second-order valence-corrected chi connectivity index (χ2v) is 6.07. The van der Waals surface area contributed by atoms with E-state index in [9.17, 15) is 8.42 Å². The molecule has 0 aliphatic heterocycles. The van der Waals surface area contributed by atoms with Gasteiger partial charge in [-0.05, 0) is 37.6 Å². The summed E-state index contributed by atoms with van der Waals surface area (Å²) in [4.78, 5) is 0.215. The molecule has 2 N–H and O–H groups in total. The number of nitrogens with one attached hydrogen (secondary N) is 1. The smallest absolute Gasteiger partial charge is 0.240 e. The summed E-state index contributed by atoms with van der Waals surface area (Å²) in [6, 6.07) is 6.06. The van der Waals surface area contributed by atoms with Crippen LogP contribution in [0.2, 0.25) is 0 Å². The minimum absolute atomic E-state index is 0.0733. The summed E-state index contributed by atoms with van der Waals surface area (Å²) >= 11 is 0. The largest absolute Gasteiger partial charge is 0.491 e. The highest BCUT2D eigenvalue weighted by Crippen LogP contribution is 2.16. The number of aliphatic hydroxyl groups excluding tert-OH is 1. The molecule has 1 unspecified atom stereocenters. The van der Waals surface area contributed by atoms with Gasteiger partial charge in [-0.3, -0.25) is 0 Å². The summed E-state index contributed by atoms with van der Waals surface area (Å²) in [7, 11) is -3.47. The molecule has 6 heteroatoms. The first-order valence-electron chi connectivity index (χ1n) is 6.35. The molecule has 0 saturated carbocycles. The minimum Gasteiger partial charge on any atom is -0.491 e. The first-order valence-corrected chi connectivity index (χ1v) is 7.84. The molecule has 0 aliphatic carbocycles. The van der Waals surface area contributed by atoms with Crippen LogP contribution in [0, 0.1) is 0 Å². The first-order chi connectivity index (χ1) is 8.99. The molecule has 0 amide bonds. The maximum absolute atomic E-state index is 12.1. The summed E-state index contributed by atoms with van der Waals surface area (Å²) in [6.45, 7) is 3.98. The molecule has 0 radical (unpaired) electrons. The Morgan fingerprint density at radius 3 is 2.47 bits per heavy atom. The fraction of sp³-hybridized carbons (Fsp3) is 0.538. The maximum atomic E-state index is 12.1. The molecule has 1 aromatic carbocycles. The van der Waals surface area contributed by atoms with Crippen molar-refractivity contribution in [2.45, 2.75) is 37.6 Å². The van der Waals surface area contributed by atoms with Gasteiger partial charge in [0.15, 0.2) is 0 Å². The van der Waals surface area contributed by atoms with E-state index in [4.69, 9.17) is 9.84 Å². The van der Waals surface area contributed by atoms with E-state index in [2.05, 4.69) is 4.72 Å². The van der Waals surface area contributed by atoms with Gasteiger partial charge < -0.3 is 9.84 Å². The quantitative estimate of drug-likeness (QED) is 0.760. The number of ether oxygens (including phenoxy) is 1. The van der Waals surface area contributed by atoms with Crippen LogP contribution in [0.5, 0.6) is 5.75 Å². The van der Waals surface area contributed by atoms with E-state index < -0.39 is 10.0 Å². The lowest BCUT2D eigenvalue weighted by molar-refractivity contribution is 0.201. The van der Waals surface area contributed by atoms with Crippen LogP contribution >= 0.6 is 0 Å². The van der Waals surface area contributed by atoms with Crippen LogP contribution in [-0.2, 0) is 10.0 Å². The monoisotopic (exact) mass is 287 g/mol. The molecule has 19 heavy (non-hydrogen) atoms. The fourth-order valence-electron chi connectivity index (χ4n) is 1.70. The number of hydrogen-bond donors (Lipinski definition) is 2. The third kappa shape index (κ3) is 5.18. The molecule has 1 atom stereocenters. The Morgan fingerprint density at radius 2 is 1.95 bits per heavy atom. The molecule has 0 fully saturated rings. The molecule has 0 aliphatic rings. The summed E-state index contributed by atoms with van der Waals surface area (Å²) in [5, 5.41) is 8.63. The second-order valence-electron chi connectivity index (χ2n) is 4.35. The van der Waals surface area contributed by atoms with Gasteiger partial charge in [0.25, 0.3) is 0 Å². The molecule has 0 bridgehead atoms. The lowest BCUT2D eigenvalue weighted by Crippen LogP contribution is -2.32. The zero-order valence-corrected chi connectivity index (χ0v) is 12.1. The van der Waals surface area contributed by atoms with Gasteiger partial charge in [0.1, 0.15) is 12.4 Å². The van der Waals surface area contributed by atoms with Gasteiger partial charge >= 0.3 is 0 Å². The van der Waals surface area contributed by atoms with Crippen molar-refractivity contribution >= 4 is 10.0 Å². The van der Waals surface area contributed by atoms with Gasteiger partial charge in [-0.25, -0.2) is 13.1 Å². The Balaban J connectivity index is 2.73. The van der Waals surface area contributed by atoms with Crippen molar-refractivity contribution in [3.8, 4) is 5.75 Å². The van der Waals surface area contributed by atoms with Crippen molar-refractivity contribution in [1.82, 2.24) is 4.72 Å². The van der Waals surface area contributed by atoms with E-state index in [-0.39, 0.29) is 24.2 Å². The third-order valence-corrected chi connectivity index (χ3v) is 4.18. The molecule has 0 aromatic heterocycles. The van der Waals surface area contributed by atoms with E-state index in [0.717, 1.165) is 12.8 Å². The molecule has 0 saturated heterocycles. The van der Waals surface area contributed by atoms with Gasteiger partial charge in [-0.15, -0.1) is 0 Å². The molecule has 5 nitrogen and oxygen atoms in total. The van der Waals surface area contributed by atoms with E-state index in [1.165, 1.54) is 12.1 Å². The van der Waals surface area contributed by atoms with Crippen LogP contribution in [-0.4, -0.2) is 32.8 Å². The first kappa shape index (κ1) is 15.9. The molecular weight excluding hydrogens is 266 g/mol. The fourth-order valence-corrected chi connectivity index (χ4v) is 2.98. The molecule has 1 aromatic rings. The standard InChI is InChI=1S/C13H21NO4S/c1-3-4-11(2)14-19(16,17)13-7-5-12(6-8-13)18-10-9-15/h5-8,11,14-15H,3-4,9-10H2,1-2H3. The Kier molecular flexibility index (Phi) is 6.27. The minimum atomic E-state index is -3.47. The topological polar surface area (TPSA) is 75.6 Å². The zero-order chi connectivity index (χ0) is 14.3. The molecule has 0 spiro atoms. The molecule has 0 heterocycles. The Hall–Kier alpha value is -1.11. The Morgan fingerprint density at radius 1 is 1.32 bits per heavy atom. The van der Waals surface area contributed by atoms with Crippen molar-refractivity contribution < 1.29 is 18.3 Å². The second kappa shape index (κ2) is 7.47. The number of rotatable bonds is 8.